The molecule has 5 aromatic carbocycles. The van der Waals surface area contributed by atoms with Crippen LogP contribution in [0.1, 0.15) is 63.5 Å². The van der Waals surface area contributed by atoms with Crippen LogP contribution in [0.3, 0.4) is 0 Å². The maximum atomic E-state index is 9.44. The summed E-state index contributed by atoms with van der Waals surface area (Å²) in [7, 11) is 0. The largest absolute Gasteiger partial charge is 0.456 e. The molecule has 4 atom stereocenters. The van der Waals surface area contributed by atoms with Crippen molar-refractivity contribution in [3.8, 4) is 51.4 Å². The van der Waals surface area contributed by atoms with Crippen molar-refractivity contribution in [3.63, 3.8) is 0 Å². The number of furan rings is 1. The van der Waals surface area contributed by atoms with Crippen molar-refractivity contribution in [2.45, 2.75) is 57.8 Å². The quantitative estimate of drug-likeness (QED) is 0.177. The third kappa shape index (κ3) is 5.79. The van der Waals surface area contributed by atoms with Crippen molar-refractivity contribution in [3.05, 3.63) is 126 Å². The molecule has 2 bridgehead atoms. The molecule has 2 saturated carbocycles. The zero-order valence-corrected chi connectivity index (χ0v) is 29.1. The molecule has 0 amide bonds. The first-order valence-corrected chi connectivity index (χ1v) is 18.4. The van der Waals surface area contributed by atoms with Crippen LogP contribution in [-0.4, -0.2) is 15.0 Å². The summed E-state index contributed by atoms with van der Waals surface area (Å²) in [6, 6.07) is 41.7. The van der Waals surface area contributed by atoms with Crippen LogP contribution in [-0.2, 0) is 5.41 Å². The molecule has 0 radical (unpaired) electrons. The van der Waals surface area contributed by atoms with E-state index in [1.807, 2.05) is 36.4 Å². The van der Waals surface area contributed by atoms with Gasteiger partial charge in [0, 0.05) is 27.5 Å². The molecular formula is C46H40N4O. The average molecular weight is 665 g/mol. The number of nitrogens with zero attached hydrogens (tertiary/aromatic N) is 4. The standard InChI is InChI=1S/C46H40N4O/c1-3-46(26-31-21-29(2)22-32(23-31)27-46)38-17-14-36(15-18-38)45-49-43(34-7-5-4-6-8-34)48-44(50-45)35-12-10-33(11-13-35)37-16-20-42-40(25-37)39-24-30(28-47)9-19-41(39)51-42/h4-20,24-25,29,31-32H,3,21-23,26-27H2,1-2H3/t29-,31+,32-,46?. The number of nitriles is 1. The topological polar surface area (TPSA) is 75.6 Å². The van der Waals surface area contributed by atoms with Crippen molar-refractivity contribution >= 4 is 21.9 Å². The Hall–Kier alpha value is -5.60. The van der Waals surface area contributed by atoms with Crippen molar-refractivity contribution in [1.29, 1.82) is 5.26 Å². The molecule has 2 heterocycles. The van der Waals surface area contributed by atoms with Crippen molar-refractivity contribution in [1.82, 2.24) is 15.0 Å². The molecule has 250 valence electrons. The lowest BCUT2D eigenvalue weighted by Crippen LogP contribution is -2.40. The molecule has 0 aliphatic heterocycles. The van der Waals surface area contributed by atoms with E-state index in [2.05, 4.69) is 92.7 Å². The van der Waals surface area contributed by atoms with E-state index in [-0.39, 0.29) is 5.41 Å². The fraction of sp³-hybridized carbons (Fsp3) is 0.261. The van der Waals surface area contributed by atoms with E-state index < -0.39 is 0 Å². The van der Waals surface area contributed by atoms with Gasteiger partial charge in [-0.05, 0) is 109 Å². The normalized spacial score (nSPS) is 21.5. The monoisotopic (exact) mass is 664 g/mol. The Morgan fingerprint density at radius 1 is 0.627 bits per heavy atom. The second kappa shape index (κ2) is 12.6. The SMILES string of the molecule is CCC1(c2ccc(-c3nc(-c4ccccc4)nc(-c4ccc(-c5ccc6oc7ccc(C#N)cc7c6c5)cc4)n3)cc2)C[C@@H]2C[C@H](C)C[C@@H](C2)C1. The summed E-state index contributed by atoms with van der Waals surface area (Å²) >= 11 is 0. The number of aromatic nitrogens is 3. The Bertz CT molecular complexity index is 2400. The highest BCUT2D eigenvalue weighted by atomic mass is 16.3. The molecule has 51 heavy (non-hydrogen) atoms. The molecule has 5 heteroatoms. The van der Waals surface area contributed by atoms with Gasteiger partial charge < -0.3 is 4.42 Å². The average Bonchev–Trinajstić information content (AvgIpc) is 3.55. The summed E-state index contributed by atoms with van der Waals surface area (Å²) in [5, 5.41) is 11.4. The van der Waals surface area contributed by atoms with E-state index in [0.717, 1.165) is 67.5 Å². The number of hydrogen-bond acceptors (Lipinski definition) is 5. The predicted octanol–water partition coefficient (Wildman–Crippen LogP) is 11.8. The van der Waals surface area contributed by atoms with Crippen molar-refractivity contribution in [2.75, 3.05) is 0 Å². The molecule has 2 aliphatic carbocycles. The van der Waals surface area contributed by atoms with E-state index in [4.69, 9.17) is 19.4 Å². The number of hydrogen-bond donors (Lipinski definition) is 0. The fourth-order valence-electron chi connectivity index (χ4n) is 9.31. The summed E-state index contributed by atoms with van der Waals surface area (Å²) in [5.41, 5.74) is 8.98. The van der Waals surface area contributed by atoms with Gasteiger partial charge in [-0.15, -0.1) is 0 Å². The Kier molecular flexibility index (Phi) is 7.77. The number of fused-ring (bicyclic) bond motifs is 5. The molecule has 2 aromatic heterocycles. The molecule has 0 spiro atoms. The van der Waals surface area contributed by atoms with Gasteiger partial charge in [-0.2, -0.15) is 5.26 Å². The lowest BCUT2D eigenvalue weighted by atomic mass is 9.56. The molecule has 9 rings (SSSR count). The van der Waals surface area contributed by atoms with Crippen LogP contribution in [0.25, 0.3) is 67.2 Å². The summed E-state index contributed by atoms with van der Waals surface area (Å²) in [6.45, 7) is 4.83. The fourth-order valence-corrected chi connectivity index (χ4v) is 9.31. The van der Waals surface area contributed by atoms with E-state index in [9.17, 15) is 5.26 Å². The molecule has 0 saturated heterocycles. The maximum Gasteiger partial charge on any atom is 0.164 e. The molecule has 2 fully saturated rings. The minimum Gasteiger partial charge on any atom is -0.456 e. The number of rotatable bonds is 6. The smallest absolute Gasteiger partial charge is 0.164 e. The zero-order valence-electron chi connectivity index (χ0n) is 29.1. The Balaban J connectivity index is 1.06. The van der Waals surface area contributed by atoms with Gasteiger partial charge in [0.05, 0.1) is 11.6 Å². The van der Waals surface area contributed by atoms with Gasteiger partial charge in [0.15, 0.2) is 17.5 Å². The third-order valence-corrected chi connectivity index (χ3v) is 11.7. The lowest BCUT2D eigenvalue weighted by molar-refractivity contribution is 0.0788. The molecule has 2 aliphatic rings. The summed E-state index contributed by atoms with van der Waals surface area (Å²) < 4.78 is 6.05. The van der Waals surface area contributed by atoms with Gasteiger partial charge in [0.1, 0.15) is 11.2 Å². The molecule has 0 N–H and O–H groups in total. The molecule has 7 aromatic rings. The minimum absolute atomic E-state index is 0.266. The maximum absolute atomic E-state index is 9.44. The summed E-state index contributed by atoms with van der Waals surface area (Å²) in [4.78, 5) is 15.0. The molecule has 5 nitrogen and oxygen atoms in total. The zero-order chi connectivity index (χ0) is 34.5. The van der Waals surface area contributed by atoms with E-state index >= 15 is 0 Å². The van der Waals surface area contributed by atoms with Crippen LogP contribution >= 0.6 is 0 Å². The van der Waals surface area contributed by atoms with E-state index in [0.29, 0.717) is 23.0 Å². The lowest BCUT2D eigenvalue weighted by Gasteiger charge is -2.49. The Labute approximate surface area is 299 Å². The first-order valence-electron chi connectivity index (χ1n) is 18.4. The minimum atomic E-state index is 0.266. The molecular weight excluding hydrogens is 625 g/mol. The van der Waals surface area contributed by atoms with Gasteiger partial charge in [0.2, 0.25) is 0 Å². The van der Waals surface area contributed by atoms with Gasteiger partial charge in [-0.3, -0.25) is 0 Å². The Morgan fingerprint density at radius 2 is 1.16 bits per heavy atom. The summed E-state index contributed by atoms with van der Waals surface area (Å²) in [6.07, 6.45) is 7.99. The van der Waals surface area contributed by atoms with Crippen LogP contribution < -0.4 is 0 Å². The highest BCUT2D eigenvalue weighted by Gasteiger charge is 2.43. The second-order valence-electron chi connectivity index (χ2n) is 15.0. The van der Waals surface area contributed by atoms with Crippen molar-refractivity contribution < 1.29 is 4.42 Å². The first-order chi connectivity index (χ1) is 25.0. The van der Waals surface area contributed by atoms with Crippen LogP contribution in [0.2, 0.25) is 0 Å². The number of benzene rings is 5. The van der Waals surface area contributed by atoms with Gasteiger partial charge in [-0.1, -0.05) is 98.8 Å². The molecule has 1 unspecified atom stereocenters. The summed E-state index contributed by atoms with van der Waals surface area (Å²) in [5.74, 6) is 4.56. The first kappa shape index (κ1) is 31.4. The second-order valence-corrected chi connectivity index (χ2v) is 15.0. The predicted molar refractivity (Wildman–Crippen MR) is 205 cm³/mol. The highest BCUT2D eigenvalue weighted by Crippen LogP contribution is 2.53. The van der Waals surface area contributed by atoms with Crippen LogP contribution in [0.15, 0.2) is 120 Å². The van der Waals surface area contributed by atoms with Crippen LogP contribution in [0.5, 0.6) is 0 Å². The van der Waals surface area contributed by atoms with Gasteiger partial charge >= 0.3 is 0 Å². The van der Waals surface area contributed by atoms with E-state index in [1.54, 1.807) is 6.07 Å². The van der Waals surface area contributed by atoms with Crippen LogP contribution in [0.4, 0.5) is 0 Å². The highest BCUT2D eigenvalue weighted by molar-refractivity contribution is 6.06. The van der Waals surface area contributed by atoms with E-state index in [1.165, 1.54) is 44.1 Å². The van der Waals surface area contributed by atoms with Crippen molar-refractivity contribution in [2.24, 2.45) is 17.8 Å². The third-order valence-electron chi connectivity index (χ3n) is 11.7. The van der Waals surface area contributed by atoms with Gasteiger partial charge in [-0.25, -0.2) is 15.0 Å². The van der Waals surface area contributed by atoms with Gasteiger partial charge in [0.25, 0.3) is 0 Å². The van der Waals surface area contributed by atoms with Crippen LogP contribution in [0, 0.1) is 29.1 Å². The Morgan fingerprint density at radius 3 is 1.76 bits per heavy atom.